The van der Waals surface area contributed by atoms with Crippen molar-refractivity contribution in [2.24, 2.45) is 0 Å². The second-order valence-electron chi connectivity index (χ2n) is 22.4. The van der Waals surface area contributed by atoms with Crippen molar-refractivity contribution >= 4 is 55.8 Å². The van der Waals surface area contributed by atoms with E-state index in [1.54, 1.807) is 72.8 Å². The Hall–Kier alpha value is -8.79. The second kappa shape index (κ2) is 33.9. The minimum absolute atomic E-state index is 0. The molecule has 0 radical (unpaired) electrons. The summed E-state index contributed by atoms with van der Waals surface area (Å²) in [5.41, 5.74) is 8.68. The number of anilines is 2. The van der Waals surface area contributed by atoms with Gasteiger partial charge in [-0.15, -0.1) is 0 Å². The fraction of sp³-hybridized carbons (Fsp3) is 0.452. The van der Waals surface area contributed by atoms with Gasteiger partial charge in [0.1, 0.15) is 114 Å². The monoisotopic (exact) mass is 1390 g/mol. The molecular weight excluding hydrogens is 1310 g/mol. The molecule has 6 heterocycles. The molecule has 4 fully saturated rings. The first-order valence-electron chi connectivity index (χ1n) is 31.0. The molecule has 0 spiro atoms. The van der Waals surface area contributed by atoms with Crippen LogP contribution in [0.25, 0.3) is 11.0 Å². The normalized spacial score (nSPS) is 24.3. The molecule has 35 heteroatoms. The highest BCUT2D eigenvalue weighted by Gasteiger charge is 2.59. The first-order chi connectivity index (χ1) is 46.5. The molecule has 7 aromatic rings. The number of halogens is 1. The van der Waals surface area contributed by atoms with Crippen LogP contribution in [-0.4, -0.2) is 153 Å². The van der Waals surface area contributed by atoms with Gasteiger partial charge in [-0.05, 0) is 126 Å². The molecule has 0 amide bonds. The Morgan fingerprint density at radius 3 is 1.48 bits per heavy atom. The van der Waals surface area contributed by atoms with E-state index in [1.165, 1.54) is 71.9 Å². The van der Waals surface area contributed by atoms with Gasteiger partial charge in [0, 0.05) is 12.1 Å². The molecule has 2 saturated carbocycles. The summed E-state index contributed by atoms with van der Waals surface area (Å²) >= 11 is 0. The molecule has 97 heavy (non-hydrogen) atoms. The smallest absolute Gasteiger partial charge is 0.461 e. The Morgan fingerprint density at radius 2 is 1.08 bits per heavy atom. The van der Waals surface area contributed by atoms with Gasteiger partial charge in [0.05, 0.1) is 38.0 Å². The zero-order valence-electron chi connectivity index (χ0n) is 52.9. The molecular formula is C62H78FN13O19P2. The van der Waals surface area contributed by atoms with E-state index in [4.69, 9.17) is 49.9 Å². The quantitative estimate of drug-likeness (QED) is 0.0158. The number of nitriles is 2. The number of nitrogens with zero attached hydrogens (tertiary/aromatic N) is 9. The Kier molecular flexibility index (Phi) is 25.9. The molecule has 32 nitrogen and oxygen atoms in total. The summed E-state index contributed by atoms with van der Waals surface area (Å²) in [5, 5.41) is 95.0. The van der Waals surface area contributed by atoms with Gasteiger partial charge in [0.15, 0.2) is 11.6 Å². The highest BCUT2D eigenvalue weighted by molar-refractivity contribution is 7.52. The van der Waals surface area contributed by atoms with Gasteiger partial charge in [-0.3, -0.25) is 28.6 Å². The second-order valence-corrected chi connectivity index (χ2v) is 25.7. The van der Waals surface area contributed by atoms with Crippen LogP contribution in [0.15, 0.2) is 122 Å². The molecule has 2 unspecified atom stereocenters. The van der Waals surface area contributed by atoms with Gasteiger partial charge < -0.3 is 69.5 Å². The summed E-state index contributed by atoms with van der Waals surface area (Å²) in [6, 6.07) is 29.5. The summed E-state index contributed by atoms with van der Waals surface area (Å²) in [5.74, 6) is -0.263. The van der Waals surface area contributed by atoms with Crippen LogP contribution in [0, 0.1) is 32.8 Å². The summed E-state index contributed by atoms with van der Waals surface area (Å²) < 4.78 is 90.5. The third-order valence-electron chi connectivity index (χ3n) is 15.9. The number of nitrogens with two attached hydrogens (primary N) is 2. The predicted octanol–water partition coefficient (Wildman–Crippen LogP) is 6.59. The summed E-state index contributed by atoms with van der Waals surface area (Å²) in [6.07, 6.45) is 2.70. The van der Waals surface area contributed by atoms with E-state index in [0.717, 1.165) is 64.2 Å². The number of hydrogen-bond acceptors (Lipinski definition) is 27. The number of carbonyl (C=O) groups excluding carboxylic acids is 2. The fourth-order valence-corrected chi connectivity index (χ4v) is 14.0. The van der Waals surface area contributed by atoms with Crippen molar-refractivity contribution in [3.05, 3.63) is 143 Å². The number of nitrogens with one attached hydrogen (secondary N) is 2. The van der Waals surface area contributed by atoms with Crippen LogP contribution in [0.1, 0.15) is 98.2 Å². The number of ether oxygens (including phenoxy) is 4. The lowest BCUT2D eigenvalue weighted by Gasteiger charge is -2.27. The highest BCUT2D eigenvalue weighted by atomic mass is 31.2. The minimum atomic E-state index is -4.31. The van der Waals surface area contributed by atoms with Crippen LogP contribution in [0.5, 0.6) is 17.2 Å². The molecule has 2 aliphatic carbocycles. The zero-order valence-corrected chi connectivity index (χ0v) is 53.7. The van der Waals surface area contributed by atoms with Crippen molar-refractivity contribution in [3.63, 3.8) is 0 Å². The third-order valence-corrected chi connectivity index (χ3v) is 19.1. The van der Waals surface area contributed by atoms with E-state index in [1.807, 2.05) is 12.1 Å². The number of nitrogen functional groups attached to an aromatic ring is 2. The van der Waals surface area contributed by atoms with Gasteiger partial charge in [0.25, 0.3) is 5.69 Å². The Morgan fingerprint density at radius 1 is 0.691 bits per heavy atom. The van der Waals surface area contributed by atoms with Gasteiger partial charge in [0.2, 0.25) is 11.2 Å². The van der Waals surface area contributed by atoms with E-state index in [9.17, 15) is 69.3 Å². The predicted molar refractivity (Wildman–Crippen MR) is 344 cm³/mol. The van der Waals surface area contributed by atoms with Gasteiger partial charge in [-0.2, -0.15) is 30.9 Å². The van der Waals surface area contributed by atoms with E-state index in [2.05, 4.69) is 30.3 Å². The Labute approximate surface area is 557 Å². The van der Waals surface area contributed by atoms with E-state index in [0.29, 0.717) is 11.0 Å². The first kappa shape index (κ1) is 74.0. The first-order valence-corrected chi connectivity index (χ1v) is 33.3. The average molecular weight is 1390 g/mol. The number of non-ortho nitro benzene ring substituents is 1. The van der Waals surface area contributed by atoms with Crippen molar-refractivity contribution in [1.29, 1.82) is 10.5 Å². The van der Waals surface area contributed by atoms with Crippen LogP contribution in [0.4, 0.5) is 21.7 Å². The Balaban J connectivity index is 0.000000212. The van der Waals surface area contributed by atoms with Crippen molar-refractivity contribution in [2.45, 2.75) is 158 Å². The summed E-state index contributed by atoms with van der Waals surface area (Å²) in [7, 11) is -9.39. The highest BCUT2D eigenvalue weighted by Crippen LogP contribution is 2.49. The van der Waals surface area contributed by atoms with Crippen molar-refractivity contribution in [2.75, 3.05) is 31.8 Å². The van der Waals surface area contributed by atoms with E-state index in [-0.39, 0.29) is 65.6 Å². The van der Waals surface area contributed by atoms with Crippen LogP contribution in [-0.2, 0) is 53.4 Å². The molecule has 11 N–H and O–H groups in total. The number of alkyl halides is 1. The number of aliphatic hydroxyl groups is 5. The van der Waals surface area contributed by atoms with Crippen molar-refractivity contribution in [3.8, 4) is 29.4 Å². The molecule has 4 aliphatic rings. The minimum Gasteiger partial charge on any atom is -0.461 e. The summed E-state index contributed by atoms with van der Waals surface area (Å²) in [6.45, 7) is 1.89. The number of aromatic nitrogens is 6. The number of nitro benzene ring substituents is 1. The maximum absolute atomic E-state index is 13.9. The average Bonchev–Trinajstić information content (AvgIpc) is 1.59. The summed E-state index contributed by atoms with van der Waals surface area (Å²) in [4.78, 5) is 43.4. The van der Waals surface area contributed by atoms with Gasteiger partial charge >= 0.3 is 27.4 Å². The van der Waals surface area contributed by atoms with Crippen LogP contribution >= 0.6 is 15.5 Å². The molecule has 12 atom stereocenters. The molecule has 4 aromatic heterocycles. The SMILES string of the molecule is C.C[C@H](NP(=O)(OC[C@H]1O[C@@](C#N)(c2ccc3c(N)ncnn23)[C@H](O)[C@@H]1O)Oc1ccccc1)C(=O)OC1CCCCC1.C[C@H](NP(=O)(Oc1ccccc1)Oc1ccc([N+](=O)[O-])cc1)C(=O)OC1CCCCC1.N#C[C@@]1(c2ccc3c(N)ncnn23)O[C@H](CO)[C@@H](O)[C@H]1O.[2H]CF. The van der Waals surface area contributed by atoms with Crippen LogP contribution < -0.4 is 35.2 Å². The third kappa shape index (κ3) is 17.9. The number of rotatable bonds is 21. The van der Waals surface area contributed by atoms with Gasteiger partial charge in [-0.1, -0.05) is 56.7 Å². The molecule has 3 aromatic carbocycles. The maximum Gasteiger partial charge on any atom is 0.513 e. The number of carbonyl (C=O) groups is 2. The largest absolute Gasteiger partial charge is 0.513 e. The zero-order chi connectivity index (χ0) is 70.1. The van der Waals surface area contributed by atoms with Gasteiger partial charge in [-0.25, -0.2) is 28.1 Å². The van der Waals surface area contributed by atoms with Crippen molar-refractivity contribution < 1.29 is 92.0 Å². The number of hydrogen-bond donors (Lipinski definition) is 9. The van der Waals surface area contributed by atoms with Crippen molar-refractivity contribution in [1.82, 2.24) is 39.4 Å². The molecule has 522 valence electrons. The lowest BCUT2D eigenvalue weighted by molar-refractivity contribution is -0.384. The Bertz CT molecular complexity index is 3960. The van der Waals surface area contributed by atoms with E-state index < -0.39 is 113 Å². The lowest BCUT2D eigenvalue weighted by Crippen LogP contribution is -2.41. The number of para-hydroxylation sites is 2. The topological polar surface area (TPSA) is 470 Å². The number of fused-ring (bicyclic) bond motifs is 2. The van der Waals surface area contributed by atoms with Crippen LogP contribution in [0.3, 0.4) is 0 Å². The fourth-order valence-electron chi connectivity index (χ4n) is 10.9. The maximum atomic E-state index is 13.9. The number of esters is 2. The number of nitro groups is 1. The standard InChI is InChI=1S/C27H33N6O8P.C21H25N2O7P.C12H13N5O4.CH3F.CH4/c1-17(26(36)39-18-8-4-2-5-9-18)32-42(37,41-19-10-6-3-7-11-19)38-14-21-23(34)24(35)27(15-28,40-21)22-13-12-20-25(29)30-16-31-33(20)22;1-16(21(24)28-18-8-4-2-5-9-18)22-31(27,29-19-10-6-3-7-11-19)30-20-14-12-17(13-15-20)23(25)26;13-4-12(10(20)9(19)7(3-18)21-12)8-2-1-6-11(14)15-5-16-17(6)8;1-2;/h3,6-7,10-13,16-18,21,23-24,34-35H,2,4-5,8-9,14H2,1H3,(H,32,37)(H2,29,30,31);3,6-7,10-16,18H,2,4-5,8-9H2,1H3,(H,22,27);1-2,5,7,9-10,18-20H,3H2,(H2,14,15,16);1H3;1H4/t17-,21+,23+,24+,27-,42?;16-,31?;7-,9-,10-,12+;;/m001../s1/i;;;1D;. The number of aliphatic hydroxyl groups excluding tert-OH is 5. The van der Waals surface area contributed by atoms with Crippen LogP contribution in [0.2, 0.25) is 0 Å². The molecule has 2 aliphatic heterocycles. The molecule has 11 rings (SSSR count). The molecule has 2 saturated heterocycles. The number of benzene rings is 3. The lowest BCUT2D eigenvalue weighted by atomic mass is 9.92. The van der Waals surface area contributed by atoms with E-state index >= 15 is 0 Å². The molecule has 0 bridgehead atoms.